The monoisotopic (exact) mass is 565 g/mol. The molecule has 2 atom stereocenters. The fourth-order valence-corrected chi connectivity index (χ4v) is 4.39. The van der Waals surface area contributed by atoms with Crippen LogP contribution in [0.15, 0.2) is 66.7 Å². The van der Waals surface area contributed by atoms with Gasteiger partial charge < -0.3 is 21.1 Å². The molecule has 3 aromatic rings. The van der Waals surface area contributed by atoms with Crippen LogP contribution in [0.3, 0.4) is 0 Å². The molecule has 7 nitrogen and oxygen atoms in total. The first-order valence-electron chi connectivity index (χ1n) is 13.7. The summed E-state index contributed by atoms with van der Waals surface area (Å²) in [5, 5.41) is 5.99. The Morgan fingerprint density at radius 2 is 1.61 bits per heavy atom. The molecule has 0 aliphatic heterocycles. The third-order valence-electron chi connectivity index (χ3n) is 6.57. The molecule has 9 heteroatoms. The average molecular weight is 566 g/mol. The van der Waals surface area contributed by atoms with E-state index in [2.05, 4.69) is 23.6 Å². The fourth-order valence-electron chi connectivity index (χ4n) is 4.39. The van der Waals surface area contributed by atoms with E-state index in [0.29, 0.717) is 23.4 Å². The third kappa shape index (κ3) is 10.9. The Balaban J connectivity index is 1.56. The number of nitrogens with one attached hydrogen (secondary N) is 2. The number of ether oxygens (including phenoxy) is 1. The van der Waals surface area contributed by atoms with Gasteiger partial charge in [-0.15, -0.1) is 0 Å². The molecule has 218 valence electrons. The predicted molar refractivity (Wildman–Crippen MR) is 154 cm³/mol. The molecular formula is C32H37F2N3O4. The van der Waals surface area contributed by atoms with E-state index in [1.807, 2.05) is 18.2 Å². The lowest BCUT2D eigenvalue weighted by Gasteiger charge is -2.25. The van der Waals surface area contributed by atoms with Crippen LogP contribution >= 0.6 is 0 Å². The first-order chi connectivity index (χ1) is 19.6. The number of benzene rings is 3. The molecule has 0 fully saturated rings. The lowest BCUT2D eigenvalue weighted by atomic mass is 10.0. The van der Waals surface area contributed by atoms with E-state index in [9.17, 15) is 23.2 Å². The third-order valence-corrected chi connectivity index (χ3v) is 6.57. The molecule has 3 aromatic carbocycles. The van der Waals surface area contributed by atoms with E-state index in [1.165, 1.54) is 24.6 Å². The highest BCUT2D eigenvalue weighted by Crippen LogP contribution is 2.15. The lowest BCUT2D eigenvalue weighted by Crippen LogP contribution is -2.46. The minimum atomic E-state index is -0.772. The number of hydrogen-bond acceptors (Lipinski definition) is 6. The largest absolute Gasteiger partial charge is 0.459 e. The second-order valence-corrected chi connectivity index (χ2v) is 10.0. The van der Waals surface area contributed by atoms with Gasteiger partial charge in [0.05, 0.1) is 0 Å². The summed E-state index contributed by atoms with van der Waals surface area (Å²) >= 11 is 0. The van der Waals surface area contributed by atoms with Gasteiger partial charge in [-0.25, -0.2) is 8.78 Å². The molecule has 0 unspecified atom stereocenters. The Kier molecular flexibility index (Phi) is 12.1. The van der Waals surface area contributed by atoms with Crippen LogP contribution in [-0.4, -0.2) is 36.4 Å². The van der Waals surface area contributed by atoms with Gasteiger partial charge in [-0.1, -0.05) is 43.3 Å². The Hall–Kier alpha value is -3.95. The van der Waals surface area contributed by atoms with Crippen molar-refractivity contribution in [2.24, 2.45) is 5.73 Å². The second kappa shape index (κ2) is 15.7. The van der Waals surface area contributed by atoms with Crippen LogP contribution < -0.4 is 16.4 Å². The molecule has 0 saturated carbocycles. The zero-order chi connectivity index (χ0) is 29.8. The summed E-state index contributed by atoms with van der Waals surface area (Å²) in [4.78, 5) is 36.6. The summed E-state index contributed by atoms with van der Waals surface area (Å²) in [6, 6.07) is 17.2. The van der Waals surface area contributed by atoms with Gasteiger partial charge in [-0.2, -0.15) is 0 Å². The molecule has 0 bridgehead atoms. The Morgan fingerprint density at radius 1 is 0.902 bits per heavy atom. The number of esters is 1. The summed E-state index contributed by atoms with van der Waals surface area (Å²) in [6.45, 7) is 4.27. The summed E-state index contributed by atoms with van der Waals surface area (Å²) in [5.74, 6) is -2.35. The van der Waals surface area contributed by atoms with Gasteiger partial charge in [0.2, 0.25) is 5.91 Å². The number of ketones is 1. The molecule has 0 aromatic heterocycles. The molecule has 0 radical (unpaired) electrons. The molecule has 41 heavy (non-hydrogen) atoms. The molecule has 0 heterocycles. The van der Waals surface area contributed by atoms with Gasteiger partial charge in [0.1, 0.15) is 17.7 Å². The quantitative estimate of drug-likeness (QED) is 0.175. The van der Waals surface area contributed by atoms with Crippen molar-refractivity contribution in [2.75, 3.05) is 11.9 Å². The molecule has 1 amide bonds. The first kappa shape index (κ1) is 31.6. The number of carbonyl (C=O) groups excluding carboxylic acids is 3. The molecular weight excluding hydrogens is 528 g/mol. The van der Waals surface area contributed by atoms with Crippen LogP contribution in [0.25, 0.3) is 0 Å². The number of hydrogen-bond donors (Lipinski definition) is 3. The molecule has 0 aliphatic carbocycles. The van der Waals surface area contributed by atoms with Crippen LogP contribution in [0.1, 0.15) is 60.2 Å². The van der Waals surface area contributed by atoms with Crippen molar-refractivity contribution in [3.8, 4) is 0 Å². The van der Waals surface area contributed by atoms with Gasteiger partial charge in [0.15, 0.2) is 5.78 Å². The van der Waals surface area contributed by atoms with Gasteiger partial charge in [0.25, 0.3) is 0 Å². The number of aryl methyl sites for hydroxylation is 1. The van der Waals surface area contributed by atoms with Crippen molar-refractivity contribution in [1.29, 1.82) is 0 Å². The maximum absolute atomic E-state index is 13.7. The van der Waals surface area contributed by atoms with Crippen LogP contribution in [0.2, 0.25) is 0 Å². The van der Waals surface area contributed by atoms with E-state index in [-0.39, 0.29) is 43.9 Å². The highest BCUT2D eigenvalue weighted by atomic mass is 19.1. The number of nitrogens with two attached hydrogens (primary N) is 1. The SMILES string of the molecule is CCc1cccc(CNC[C@@H](OC(=O)CCCC(=O)Nc2cccc(C(C)=O)c2)[C@@H](N)Cc2cc(F)cc(F)c2)c1. The van der Waals surface area contributed by atoms with Crippen LogP contribution in [-0.2, 0) is 33.7 Å². The zero-order valence-electron chi connectivity index (χ0n) is 23.4. The maximum Gasteiger partial charge on any atom is 0.306 e. The molecule has 4 N–H and O–H groups in total. The van der Waals surface area contributed by atoms with Gasteiger partial charge in [-0.05, 0) is 67.1 Å². The van der Waals surface area contributed by atoms with Crippen molar-refractivity contribution in [3.63, 3.8) is 0 Å². The smallest absolute Gasteiger partial charge is 0.306 e. The molecule has 0 spiro atoms. The van der Waals surface area contributed by atoms with Crippen LogP contribution in [0.5, 0.6) is 0 Å². The van der Waals surface area contributed by atoms with E-state index < -0.39 is 29.7 Å². The van der Waals surface area contributed by atoms with Gasteiger partial charge >= 0.3 is 5.97 Å². The summed E-state index contributed by atoms with van der Waals surface area (Å²) < 4.78 is 33.1. The van der Waals surface area contributed by atoms with Crippen molar-refractivity contribution >= 4 is 23.3 Å². The summed E-state index contributed by atoms with van der Waals surface area (Å²) in [7, 11) is 0. The van der Waals surface area contributed by atoms with Crippen LogP contribution in [0, 0.1) is 11.6 Å². The Bertz CT molecular complexity index is 1330. The number of anilines is 1. The first-order valence-corrected chi connectivity index (χ1v) is 13.7. The lowest BCUT2D eigenvalue weighted by molar-refractivity contribution is -0.150. The van der Waals surface area contributed by atoms with Crippen molar-refractivity contribution in [1.82, 2.24) is 5.32 Å². The zero-order valence-corrected chi connectivity index (χ0v) is 23.4. The minimum Gasteiger partial charge on any atom is -0.459 e. The Labute approximate surface area is 239 Å². The fraction of sp³-hybridized carbons (Fsp3) is 0.344. The molecule has 0 saturated heterocycles. The summed E-state index contributed by atoms with van der Waals surface area (Å²) in [6.07, 6.45) is 0.534. The van der Waals surface area contributed by atoms with Crippen molar-refractivity contribution in [3.05, 3.63) is 101 Å². The average Bonchev–Trinajstić information content (AvgIpc) is 2.92. The molecule has 0 aliphatic rings. The second-order valence-electron chi connectivity index (χ2n) is 10.0. The van der Waals surface area contributed by atoms with E-state index in [1.54, 1.807) is 24.3 Å². The minimum absolute atomic E-state index is 0.0166. The van der Waals surface area contributed by atoms with Crippen LogP contribution in [0.4, 0.5) is 14.5 Å². The highest BCUT2D eigenvalue weighted by molar-refractivity contribution is 5.97. The Morgan fingerprint density at radius 3 is 2.32 bits per heavy atom. The van der Waals surface area contributed by atoms with Crippen molar-refractivity contribution in [2.45, 2.75) is 64.6 Å². The maximum atomic E-state index is 13.7. The number of halogens is 2. The van der Waals surface area contributed by atoms with Gasteiger partial charge in [-0.3, -0.25) is 14.4 Å². The van der Waals surface area contributed by atoms with E-state index in [4.69, 9.17) is 10.5 Å². The topological polar surface area (TPSA) is 111 Å². The number of rotatable bonds is 15. The van der Waals surface area contributed by atoms with E-state index >= 15 is 0 Å². The number of amides is 1. The standard InChI is InChI=1S/C32H37F2N3O4/c1-3-22-7-4-8-23(13-22)19-36-20-30(29(35)16-24-14-26(33)18-27(34)15-24)41-32(40)12-6-11-31(39)37-28-10-5-9-25(17-28)21(2)38/h4-5,7-10,13-15,17-18,29-30,36H,3,6,11-12,16,19-20,35H2,1-2H3,(H,37,39)/t29-,30+/m0/s1. The normalized spacial score (nSPS) is 12.4. The predicted octanol–water partition coefficient (Wildman–Crippen LogP) is 5.11. The summed E-state index contributed by atoms with van der Waals surface area (Å²) in [5.41, 5.74) is 9.98. The van der Waals surface area contributed by atoms with Crippen molar-refractivity contribution < 1.29 is 27.9 Å². The highest BCUT2D eigenvalue weighted by Gasteiger charge is 2.23. The number of Topliss-reactive ketones (excluding diaryl/α,β-unsaturated/α-hetero) is 1. The van der Waals surface area contributed by atoms with Gasteiger partial charge in [0, 0.05) is 49.3 Å². The molecule has 3 rings (SSSR count). The number of carbonyl (C=O) groups is 3. The van der Waals surface area contributed by atoms with E-state index in [0.717, 1.165) is 18.1 Å².